The minimum absolute atomic E-state index is 0.195. The summed E-state index contributed by atoms with van der Waals surface area (Å²) in [6, 6.07) is 5.55. The lowest BCUT2D eigenvalue weighted by Gasteiger charge is -2.31. The van der Waals surface area contributed by atoms with Crippen molar-refractivity contribution >= 4 is 5.69 Å². The first-order valence-electron chi connectivity index (χ1n) is 8.01. The molecule has 4 heteroatoms. The molecular weight excluding hydrogens is 267 g/mol. The van der Waals surface area contributed by atoms with Crippen LogP contribution in [0.1, 0.15) is 44.1 Å². The summed E-state index contributed by atoms with van der Waals surface area (Å²) in [5.74, 6) is -0.195. The molecule has 0 aromatic heterocycles. The molecule has 2 saturated carbocycles. The van der Waals surface area contributed by atoms with Crippen molar-refractivity contribution in [2.24, 2.45) is 0 Å². The van der Waals surface area contributed by atoms with Crippen LogP contribution in [0, 0.1) is 5.82 Å². The number of nitrogens with zero attached hydrogens (tertiary/aromatic N) is 1. The molecule has 0 unspecified atom stereocenters. The lowest BCUT2D eigenvalue weighted by Crippen LogP contribution is -2.39. The van der Waals surface area contributed by atoms with Crippen LogP contribution in [0.25, 0.3) is 0 Å². The number of hydrogen-bond donors (Lipinski definition) is 2. The third kappa shape index (κ3) is 3.74. The van der Waals surface area contributed by atoms with Crippen molar-refractivity contribution in [3.05, 3.63) is 29.6 Å². The number of anilines is 1. The van der Waals surface area contributed by atoms with Crippen LogP contribution in [0.2, 0.25) is 0 Å². The minimum atomic E-state index is -0.579. The molecule has 0 atom stereocenters. The third-order valence-electron chi connectivity index (χ3n) is 4.68. The van der Waals surface area contributed by atoms with Gasteiger partial charge in [0.15, 0.2) is 0 Å². The Morgan fingerprint density at radius 2 is 2.05 bits per heavy atom. The van der Waals surface area contributed by atoms with Crippen LogP contribution in [0.5, 0.6) is 0 Å². The summed E-state index contributed by atoms with van der Waals surface area (Å²) in [5.41, 5.74) is 1.42. The van der Waals surface area contributed by atoms with Gasteiger partial charge in [-0.25, -0.2) is 4.39 Å². The monoisotopic (exact) mass is 292 g/mol. The number of rotatable bonds is 6. The molecule has 0 spiro atoms. The van der Waals surface area contributed by atoms with Crippen molar-refractivity contribution in [1.29, 1.82) is 0 Å². The van der Waals surface area contributed by atoms with Gasteiger partial charge in [-0.15, -0.1) is 0 Å². The summed E-state index contributed by atoms with van der Waals surface area (Å²) in [5, 5.41) is 14.0. The molecule has 116 valence electrons. The van der Waals surface area contributed by atoms with Gasteiger partial charge in [-0.2, -0.15) is 0 Å². The molecular formula is C17H25FN2O. The average Bonchev–Trinajstić information content (AvgIpc) is 3.18. The normalized spacial score (nSPS) is 20.7. The molecule has 2 N–H and O–H groups in total. The lowest BCUT2D eigenvalue weighted by molar-refractivity contribution is 0.0559. The summed E-state index contributed by atoms with van der Waals surface area (Å²) >= 11 is 0. The molecule has 1 aromatic rings. The van der Waals surface area contributed by atoms with Gasteiger partial charge in [0.1, 0.15) is 5.82 Å². The Bertz CT molecular complexity index is 496. The Morgan fingerprint density at radius 1 is 1.33 bits per heavy atom. The van der Waals surface area contributed by atoms with Crippen LogP contribution in [-0.4, -0.2) is 30.3 Å². The largest absolute Gasteiger partial charge is 0.388 e. The molecule has 0 amide bonds. The molecule has 2 fully saturated rings. The second-order valence-corrected chi connectivity index (χ2v) is 6.72. The maximum Gasteiger partial charge on any atom is 0.123 e. The maximum absolute atomic E-state index is 13.5. The number of likely N-dealkylation sites (N-methyl/N-ethyl adjacent to an activating group) is 1. The predicted octanol–water partition coefficient (Wildman–Crippen LogP) is 2.82. The molecule has 0 bridgehead atoms. The highest BCUT2D eigenvalue weighted by Crippen LogP contribution is 2.32. The van der Waals surface area contributed by atoms with E-state index in [-0.39, 0.29) is 5.82 Å². The minimum Gasteiger partial charge on any atom is -0.388 e. The fraction of sp³-hybridized carbons (Fsp3) is 0.647. The lowest BCUT2D eigenvalue weighted by atomic mass is 10.0. The van der Waals surface area contributed by atoms with E-state index in [1.54, 1.807) is 6.07 Å². The van der Waals surface area contributed by atoms with E-state index in [9.17, 15) is 9.50 Å². The summed E-state index contributed by atoms with van der Waals surface area (Å²) in [4.78, 5) is 2.08. The zero-order valence-electron chi connectivity index (χ0n) is 12.7. The number of aliphatic hydroxyl groups is 1. The highest BCUT2D eigenvalue weighted by atomic mass is 19.1. The van der Waals surface area contributed by atoms with Crippen LogP contribution < -0.4 is 10.2 Å². The van der Waals surface area contributed by atoms with Crippen molar-refractivity contribution in [2.75, 3.05) is 18.5 Å². The number of nitrogens with one attached hydrogen (secondary N) is 1. The second-order valence-electron chi connectivity index (χ2n) is 6.72. The van der Waals surface area contributed by atoms with Gasteiger partial charge in [0, 0.05) is 31.9 Å². The van der Waals surface area contributed by atoms with Gasteiger partial charge in [-0.05, 0) is 49.4 Å². The SMILES string of the molecule is CN(CC1(O)CCCC1)c1ccc(F)cc1CNC1CC1. The smallest absolute Gasteiger partial charge is 0.123 e. The fourth-order valence-electron chi connectivity index (χ4n) is 3.33. The summed E-state index contributed by atoms with van der Waals surface area (Å²) in [7, 11) is 1.99. The van der Waals surface area contributed by atoms with E-state index in [0.717, 1.165) is 36.9 Å². The quantitative estimate of drug-likeness (QED) is 0.846. The van der Waals surface area contributed by atoms with Gasteiger partial charge < -0.3 is 15.3 Å². The highest BCUT2D eigenvalue weighted by Gasteiger charge is 2.32. The van der Waals surface area contributed by atoms with Crippen LogP contribution in [0.15, 0.2) is 18.2 Å². The van der Waals surface area contributed by atoms with E-state index in [1.807, 2.05) is 13.1 Å². The van der Waals surface area contributed by atoms with E-state index < -0.39 is 5.60 Å². The Balaban J connectivity index is 1.72. The third-order valence-corrected chi connectivity index (χ3v) is 4.68. The van der Waals surface area contributed by atoms with Gasteiger partial charge in [-0.3, -0.25) is 0 Å². The molecule has 0 heterocycles. The Morgan fingerprint density at radius 3 is 2.71 bits per heavy atom. The molecule has 0 saturated heterocycles. The van der Waals surface area contributed by atoms with E-state index in [1.165, 1.54) is 18.9 Å². The Kier molecular flexibility index (Phi) is 4.18. The molecule has 2 aliphatic rings. The molecule has 0 aliphatic heterocycles. The maximum atomic E-state index is 13.5. The van der Waals surface area contributed by atoms with Crippen molar-refractivity contribution in [3.63, 3.8) is 0 Å². The summed E-state index contributed by atoms with van der Waals surface area (Å²) in [6.45, 7) is 1.32. The molecule has 1 aromatic carbocycles. The molecule has 3 nitrogen and oxygen atoms in total. The topological polar surface area (TPSA) is 35.5 Å². The predicted molar refractivity (Wildman–Crippen MR) is 82.9 cm³/mol. The molecule has 0 radical (unpaired) electrons. The highest BCUT2D eigenvalue weighted by molar-refractivity contribution is 5.53. The molecule has 2 aliphatic carbocycles. The average molecular weight is 292 g/mol. The van der Waals surface area contributed by atoms with E-state index >= 15 is 0 Å². The van der Waals surface area contributed by atoms with Gasteiger partial charge in [0.2, 0.25) is 0 Å². The number of halogens is 1. The van der Waals surface area contributed by atoms with Gasteiger partial charge in [0.05, 0.1) is 5.60 Å². The van der Waals surface area contributed by atoms with Gasteiger partial charge >= 0.3 is 0 Å². The van der Waals surface area contributed by atoms with E-state index in [4.69, 9.17) is 0 Å². The standard InChI is InChI=1S/C17H25FN2O/c1-20(12-17(21)8-2-3-9-17)16-7-4-14(18)10-13(16)11-19-15-5-6-15/h4,7,10,15,19,21H,2-3,5-6,8-9,11-12H2,1H3. The van der Waals surface area contributed by atoms with E-state index in [2.05, 4.69) is 10.2 Å². The van der Waals surface area contributed by atoms with E-state index in [0.29, 0.717) is 19.1 Å². The first-order chi connectivity index (χ1) is 10.1. The summed E-state index contributed by atoms with van der Waals surface area (Å²) < 4.78 is 13.5. The molecule has 21 heavy (non-hydrogen) atoms. The fourth-order valence-corrected chi connectivity index (χ4v) is 3.33. The second kappa shape index (κ2) is 5.93. The van der Waals surface area contributed by atoms with Crippen molar-refractivity contribution < 1.29 is 9.50 Å². The van der Waals surface area contributed by atoms with Gasteiger partial charge in [-0.1, -0.05) is 12.8 Å². The Labute approximate surface area is 126 Å². The van der Waals surface area contributed by atoms with Gasteiger partial charge in [0.25, 0.3) is 0 Å². The zero-order chi connectivity index (χ0) is 14.9. The van der Waals surface area contributed by atoms with Crippen molar-refractivity contribution in [2.45, 2.75) is 56.7 Å². The first-order valence-corrected chi connectivity index (χ1v) is 8.01. The summed E-state index contributed by atoms with van der Waals surface area (Å²) in [6.07, 6.45) is 6.39. The van der Waals surface area contributed by atoms with Crippen LogP contribution in [-0.2, 0) is 6.54 Å². The van der Waals surface area contributed by atoms with Crippen molar-refractivity contribution in [1.82, 2.24) is 5.32 Å². The van der Waals surface area contributed by atoms with Crippen LogP contribution in [0.4, 0.5) is 10.1 Å². The molecule has 3 rings (SSSR count). The Hall–Kier alpha value is -1.13. The zero-order valence-corrected chi connectivity index (χ0v) is 12.7. The first kappa shape index (κ1) is 14.8. The van der Waals surface area contributed by atoms with Crippen molar-refractivity contribution in [3.8, 4) is 0 Å². The number of benzene rings is 1. The van der Waals surface area contributed by atoms with Crippen LogP contribution >= 0.6 is 0 Å². The number of hydrogen-bond acceptors (Lipinski definition) is 3. The van der Waals surface area contributed by atoms with Crippen LogP contribution in [0.3, 0.4) is 0 Å².